The molecule has 0 fully saturated rings. The number of rotatable bonds is 4. The van der Waals surface area contributed by atoms with Crippen LogP contribution in [0.1, 0.15) is 22.5 Å². The molecule has 0 aromatic carbocycles. The molecule has 6 nitrogen and oxygen atoms in total. The van der Waals surface area contributed by atoms with Gasteiger partial charge in [0.1, 0.15) is 12.1 Å². The van der Waals surface area contributed by atoms with Crippen LogP contribution < -0.4 is 0 Å². The lowest BCUT2D eigenvalue weighted by molar-refractivity contribution is -0.135. The average molecular weight is 246 g/mol. The summed E-state index contributed by atoms with van der Waals surface area (Å²) in [4.78, 5) is 26.1. The van der Waals surface area contributed by atoms with E-state index >= 15 is 0 Å². The summed E-state index contributed by atoms with van der Waals surface area (Å²) >= 11 is 0. The smallest absolute Gasteiger partial charge is 0.311 e. The number of aryl methyl sites for hydroxylation is 1. The molecular formula is C12H10N2O4. The van der Waals surface area contributed by atoms with Gasteiger partial charge in [0.2, 0.25) is 0 Å². The minimum Gasteiger partial charge on any atom is -0.481 e. The van der Waals surface area contributed by atoms with E-state index in [1.165, 1.54) is 18.3 Å². The van der Waals surface area contributed by atoms with Crippen molar-refractivity contribution in [1.29, 1.82) is 0 Å². The third kappa shape index (κ3) is 2.60. The first-order chi connectivity index (χ1) is 8.56. The summed E-state index contributed by atoms with van der Waals surface area (Å²) in [6.45, 7) is 1.77. The Morgan fingerprint density at radius 2 is 2.17 bits per heavy atom. The van der Waals surface area contributed by atoms with E-state index in [9.17, 15) is 9.59 Å². The summed E-state index contributed by atoms with van der Waals surface area (Å²) in [5.74, 6) is -1.19. The SMILES string of the molecule is Cc1cc(-c2cc(C(=O)CC(=O)O)ccn2)on1. The van der Waals surface area contributed by atoms with Crippen molar-refractivity contribution in [3.05, 3.63) is 35.7 Å². The van der Waals surface area contributed by atoms with E-state index in [1.807, 2.05) is 0 Å². The molecule has 92 valence electrons. The second-order valence-electron chi connectivity index (χ2n) is 3.76. The molecule has 0 amide bonds. The number of hydrogen-bond donors (Lipinski definition) is 1. The van der Waals surface area contributed by atoms with E-state index in [1.54, 1.807) is 13.0 Å². The van der Waals surface area contributed by atoms with Crippen molar-refractivity contribution in [2.75, 3.05) is 0 Å². The van der Waals surface area contributed by atoms with Crippen LogP contribution in [-0.2, 0) is 4.79 Å². The van der Waals surface area contributed by atoms with Gasteiger partial charge in [-0.1, -0.05) is 5.16 Å². The maximum Gasteiger partial charge on any atom is 0.311 e. The molecular weight excluding hydrogens is 236 g/mol. The summed E-state index contributed by atoms with van der Waals surface area (Å²) in [6, 6.07) is 4.65. The van der Waals surface area contributed by atoms with Gasteiger partial charge < -0.3 is 9.63 Å². The fraction of sp³-hybridized carbons (Fsp3) is 0.167. The number of pyridine rings is 1. The minimum atomic E-state index is -1.16. The van der Waals surface area contributed by atoms with Gasteiger partial charge >= 0.3 is 5.97 Å². The molecule has 0 unspecified atom stereocenters. The third-order valence-corrected chi connectivity index (χ3v) is 2.27. The van der Waals surface area contributed by atoms with E-state index in [2.05, 4.69) is 10.1 Å². The van der Waals surface area contributed by atoms with Crippen molar-refractivity contribution in [2.45, 2.75) is 13.3 Å². The second kappa shape index (κ2) is 4.79. The molecule has 2 rings (SSSR count). The Morgan fingerprint density at radius 1 is 1.39 bits per heavy atom. The Balaban J connectivity index is 2.30. The van der Waals surface area contributed by atoms with Crippen LogP contribution in [0.3, 0.4) is 0 Å². The van der Waals surface area contributed by atoms with Crippen LogP contribution >= 0.6 is 0 Å². The molecule has 6 heteroatoms. The summed E-state index contributed by atoms with van der Waals surface area (Å²) in [6.07, 6.45) is 0.890. The molecule has 2 heterocycles. The zero-order valence-electron chi connectivity index (χ0n) is 9.58. The zero-order valence-corrected chi connectivity index (χ0v) is 9.58. The van der Waals surface area contributed by atoms with Gasteiger partial charge in [-0.15, -0.1) is 0 Å². The Kier molecular flexibility index (Phi) is 3.18. The van der Waals surface area contributed by atoms with Gasteiger partial charge in [0, 0.05) is 17.8 Å². The second-order valence-corrected chi connectivity index (χ2v) is 3.76. The lowest BCUT2D eigenvalue weighted by Crippen LogP contribution is -2.07. The number of carbonyl (C=O) groups excluding carboxylic acids is 1. The van der Waals surface area contributed by atoms with Gasteiger partial charge in [-0.3, -0.25) is 14.6 Å². The quantitative estimate of drug-likeness (QED) is 0.651. The Labute approximate surface area is 102 Å². The van der Waals surface area contributed by atoms with E-state index in [-0.39, 0.29) is 5.56 Å². The van der Waals surface area contributed by atoms with Gasteiger partial charge in [-0.05, 0) is 19.1 Å². The maximum absolute atomic E-state index is 11.6. The molecule has 2 aromatic heterocycles. The fourth-order valence-electron chi connectivity index (χ4n) is 1.46. The molecule has 0 saturated carbocycles. The molecule has 0 atom stereocenters. The molecule has 0 radical (unpaired) electrons. The van der Waals surface area contributed by atoms with Crippen molar-refractivity contribution in [1.82, 2.24) is 10.1 Å². The van der Waals surface area contributed by atoms with E-state index in [4.69, 9.17) is 9.63 Å². The average Bonchev–Trinajstić information content (AvgIpc) is 2.75. The lowest BCUT2D eigenvalue weighted by Gasteiger charge is -1.99. The molecule has 0 aliphatic carbocycles. The fourth-order valence-corrected chi connectivity index (χ4v) is 1.46. The molecule has 1 N–H and O–H groups in total. The van der Waals surface area contributed by atoms with E-state index in [0.29, 0.717) is 17.1 Å². The van der Waals surface area contributed by atoms with Gasteiger partial charge in [-0.25, -0.2) is 0 Å². The molecule has 0 aliphatic rings. The van der Waals surface area contributed by atoms with Crippen LogP contribution in [0.25, 0.3) is 11.5 Å². The van der Waals surface area contributed by atoms with Gasteiger partial charge in [0.15, 0.2) is 11.5 Å². The normalized spacial score (nSPS) is 10.3. The summed E-state index contributed by atoms with van der Waals surface area (Å²) < 4.78 is 5.03. The summed E-state index contributed by atoms with van der Waals surface area (Å²) in [7, 11) is 0. The molecule has 0 spiro atoms. The standard InChI is InChI=1S/C12H10N2O4/c1-7-4-11(18-14-7)9-5-8(2-3-13-9)10(15)6-12(16)17/h2-5H,6H2,1H3,(H,16,17). The number of aliphatic carboxylic acids is 1. The number of ketones is 1. The van der Waals surface area contributed by atoms with Crippen LogP contribution in [0.4, 0.5) is 0 Å². The number of carboxylic acids is 1. The highest BCUT2D eigenvalue weighted by atomic mass is 16.5. The number of nitrogens with zero attached hydrogens (tertiary/aromatic N) is 2. The number of hydrogen-bond acceptors (Lipinski definition) is 5. The van der Waals surface area contributed by atoms with Crippen LogP contribution in [0.2, 0.25) is 0 Å². The van der Waals surface area contributed by atoms with Gasteiger partial charge in [0.05, 0.1) is 5.69 Å². The first-order valence-corrected chi connectivity index (χ1v) is 5.21. The van der Waals surface area contributed by atoms with Crippen LogP contribution in [0, 0.1) is 6.92 Å². The predicted octanol–water partition coefficient (Wildman–Crippen LogP) is 1.70. The van der Waals surface area contributed by atoms with Crippen LogP contribution in [0.5, 0.6) is 0 Å². The highest BCUT2D eigenvalue weighted by molar-refractivity contribution is 6.05. The van der Waals surface area contributed by atoms with E-state index < -0.39 is 18.2 Å². The number of carbonyl (C=O) groups is 2. The molecule has 0 bridgehead atoms. The number of Topliss-reactive ketones (excluding diaryl/α,β-unsaturated/α-hetero) is 1. The zero-order chi connectivity index (χ0) is 13.1. The van der Waals surface area contributed by atoms with Crippen molar-refractivity contribution >= 4 is 11.8 Å². The summed E-state index contributed by atoms with van der Waals surface area (Å²) in [5, 5.41) is 12.3. The summed E-state index contributed by atoms with van der Waals surface area (Å²) in [5.41, 5.74) is 1.44. The van der Waals surface area contributed by atoms with Gasteiger partial charge in [0.25, 0.3) is 0 Å². The topological polar surface area (TPSA) is 93.3 Å². The third-order valence-electron chi connectivity index (χ3n) is 2.27. The first-order valence-electron chi connectivity index (χ1n) is 5.21. The highest BCUT2D eigenvalue weighted by Crippen LogP contribution is 2.19. The Bertz CT molecular complexity index is 604. The molecule has 0 aliphatic heterocycles. The highest BCUT2D eigenvalue weighted by Gasteiger charge is 2.13. The largest absolute Gasteiger partial charge is 0.481 e. The Hall–Kier alpha value is -2.50. The van der Waals surface area contributed by atoms with Gasteiger partial charge in [-0.2, -0.15) is 0 Å². The molecule has 0 saturated heterocycles. The van der Waals surface area contributed by atoms with Crippen LogP contribution in [-0.4, -0.2) is 27.0 Å². The van der Waals surface area contributed by atoms with Crippen LogP contribution in [0.15, 0.2) is 28.9 Å². The first kappa shape index (κ1) is 12.0. The predicted molar refractivity (Wildman–Crippen MR) is 61.1 cm³/mol. The maximum atomic E-state index is 11.6. The van der Waals surface area contributed by atoms with Crippen molar-refractivity contribution in [3.8, 4) is 11.5 Å². The Morgan fingerprint density at radius 3 is 2.78 bits per heavy atom. The van der Waals surface area contributed by atoms with Crippen molar-refractivity contribution in [3.63, 3.8) is 0 Å². The number of carboxylic acid groups (broad SMARTS) is 1. The number of aromatic nitrogens is 2. The minimum absolute atomic E-state index is 0.288. The van der Waals surface area contributed by atoms with E-state index in [0.717, 1.165) is 0 Å². The van der Waals surface area contributed by atoms with Crippen molar-refractivity contribution < 1.29 is 19.2 Å². The molecule has 18 heavy (non-hydrogen) atoms. The lowest BCUT2D eigenvalue weighted by atomic mass is 10.1. The molecule has 2 aromatic rings. The van der Waals surface area contributed by atoms with Crippen molar-refractivity contribution in [2.24, 2.45) is 0 Å². The monoisotopic (exact) mass is 246 g/mol.